The SMILES string of the molecule is CC[C@H](C)[C@H](CO)N1C(=O)[C@H]2[C@@H]3C(=O)O[C@H](C)CNC(=O)CC/C=C\CN(c4ccc(Cl)cc4)C(=O)[C@H]1[C@@]21C=C[C@@H]3O1. The predicted octanol–water partition coefficient (Wildman–Crippen LogP) is 2.63. The number of aliphatic hydroxyl groups excluding tert-OH is 1. The Labute approximate surface area is 250 Å². The highest BCUT2D eigenvalue weighted by Crippen LogP contribution is 2.56. The van der Waals surface area contributed by atoms with Crippen LogP contribution in [-0.2, 0) is 28.7 Å². The first-order chi connectivity index (χ1) is 20.1. The summed E-state index contributed by atoms with van der Waals surface area (Å²) in [5.74, 6) is -3.76. The van der Waals surface area contributed by atoms with E-state index in [1.807, 2.05) is 26.0 Å². The lowest BCUT2D eigenvalue weighted by Crippen LogP contribution is -2.59. The number of carbonyl (C=O) groups is 4. The third kappa shape index (κ3) is 5.24. The molecular formula is C31H38ClN3O7. The van der Waals surface area contributed by atoms with Crippen LogP contribution in [0.25, 0.3) is 0 Å². The Morgan fingerprint density at radius 1 is 1.14 bits per heavy atom. The number of cyclic esters (lactones) is 1. The number of fused-ring (bicyclic) bond motifs is 2. The Kier molecular flexibility index (Phi) is 8.78. The second-order valence-electron chi connectivity index (χ2n) is 11.6. The minimum Gasteiger partial charge on any atom is -0.460 e. The van der Waals surface area contributed by atoms with Crippen LogP contribution in [-0.4, -0.2) is 83.3 Å². The molecule has 0 unspecified atom stereocenters. The molecule has 42 heavy (non-hydrogen) atoms. The molecule has 226 valence electrons. The molecule has 1 aromatic rings. The van der Waals surface area contributed by atoms with Gasteiger partial charge in [0.05, 0.1) is 31.2 Å². The van der Waals surface area contributed by atoms with Crippen LogP contribution in [0.2, 0.25) is 5.02 Å². The van der Waals surface area contributed by atoms with Crippen LogP contribution in [0.5, 0.6) is 0 Å². The molecule has 2 fully saturated rings. The predicted molar refractivity (Wildman–Crippen MR) is 155 cm³/mol. The van der Waals surface area contributed by atoms with Crippen LogP contribution >= 0.6 is 11.6 Å². The molecule has 8 atom stereocenters. The van der Waals surface area contributed by atoms with E-state index in [2.05, 4.69) is 5.32 Å². The van der Waals surface area contributed by atoms with Crippen LogP contribution in [0.3, 0.4) is 0 Å². The van der Waals surface area contributed by atoms with Crippen LogP contribution in [0.1, 0.15) is 40.0 Å². The van der Waals surface area contributed by atoms with Gasteiger partial charge in [0.1, 0.15) is 23.7 Å². The molecule has 0 radical (unpaired) electrons. The van der Waals surface area contributed by atoms with Gasteiger partial charge in [0.25, 0.3) is 5.91 Å². The summed E-state index contributed by atoms with van der Waals surface area (Å²) in [5, 5.41) is 13.8. The van der Waals surface area contributed by atoms with E-state index >= 15 is 0 Å². The summed E-state index contributed by atoms with van der Waals surface area (Å²) in [4.78, 5) is 58.1. The van der Waals surface area contributed by atoms with Gasteiger partial charge in [-0.15, -0.1) is 0 Å². The number of ether oxygens (including phenoxy) is 2. The number of hydrogen-bond acceptors (Lipinski definition) is 7. The number of rotatable bonds is 5. The van der Waals surface area contributed by atoms with Crippen molar-refractivity contribution in [2.75, 3.05) is 24.6 Å². The first kappa shape index (κ1) is 30.3. The van der Waals surface area contributed by atoms with E-state index in [0.717, 1.165) is 0 Å². The van der Waals surface area contributed by atoms with Gasteiger partial charge >= 0.3 is 5.97 Å². The van der Waals surface area contributed by atoms with E-state index in [9.17, 15) is 24.3 Å². The van der Waals surface area contributed by atoms with Crippen molar-refractivity contribution in [2.24, 2.45) is 17.8 Å². The summed E-state index contributed by atoms with van der Waals surface area (Å²) in [6.45, 7) is 5.49. The molecule has 0 aromatic heterocycles. The monoisotopic (exact) mass is 599 g/mol. The summed E-state index contributed by atoms with van der Waals surface area (Å²) in [7, 11) is 0. The van der Waals surface area contributed by atoms with E-state index < -0.39 is 59.5 Å². The van der Waals surface area contributed by atoms with Gasteiger partial charge in [0, 0.05) is 23.7 Å². The molecule has 4 aliphatic heterocycles. The maximum Gasteiger partial charge on any atom is 0.313 e. The molecule has 4 heterocycles. The van der Waals surface area contributed by atoms with Gasteiger partial charge in [-0.1, -0.05) is 56.2 Å². The molecule has 1 spiro atoms. The molecule has 2 saturated heterocycles. The molecule has 3 amide bonds. The third-order valence-electron chi connectivity index (χ3n) is 8.96. The van der Waals surface area contributed by atoms with Crippen molar-refractivity contribution >= 4 is 41.0 Å². The van der Waals surface area contributed by atoms with E-state index in [4.69, 9.17) is 21.1 Å². The molecule has 5 rings (SSSR count). The highest BCUT2D eigenvalue weighted by molar-refractivity contribution is 6.30. The molecule has 11 heteroatoms. The van der Waals surface area contributed by atoms with Crippen LogP contribution < -0.4 is 10.2 Å². The number of hydrogen-bond donors (Lipinski definition) is 2. The average molecular weight is 600 g/mol. The summed E-state index contributed by atoms with van der Waals surface area (Å²) >= 11 is 6.15. The van der Waals surface area contributed by atoms with Crippen LogP contribution in [0.15, 0.2) is 48.6 Å². The number of anilines is 1. The summed E-state index contributed by atoms with van der Waals surface area (Å²) in [5.41, 5.74) is -0.856. The fraction of sp³-hybridized carbons (Fsp3) is 0.548. The fourth-order valence-corrected chi connectivity index (χ4v) is 6.72. The van der Waals surface area contributed by atoms with E-state index in [1.165, 1.54) is 4.90 Å². The fourth-order valence-electron chi connectivity index (χ4n) is 6.60. The number of allylic oxidation sites excluding steroid dienone is 1. The van der Waals surface area contributed by atoms with Crippen LogP contribution in [0, 0.1) is 17.8 Å². The van der Waals surface area contributed by atoms with Crippen molar-refractivity contribution in [1.82, 2.24) is 10.2 Å². The zero-order chi connectivity index (χ0) is 30.2. The molecular weight excluding hydrogens is 562 g/mol. The highest BCUT2D eigenvalue weighted by atomic mass is 35.5. The molecule has 10 nitrogen and oxygen atoms in total. The van der Waals surface area contributed by atoms with E-state index in [-0.39, 0.29) is 37.9 Å². The van der Waals surface area contributed by atoms with Crippen molar-refractivity contribution in [3.05, 3.63) is 53.6 Å². The number of esters is 1. The molecule has 0 aliphatic carbocycles. The number of nitrogens with one attached hydrogen (secondary N) is 1. The minimum atomic E-state index is -1.41. The number of benzene rings is 1. The van der Waals surface area contributed by atoms with E-state index in [0.29, 0.717) is 23.6 Å². The second-order valence-corrected chi connectivity index (χ2v) is 12.0. The van der Waals surface area contributed by atoms with E-state index in [1.54, 1.807) is 48.2 Å². The lowest BCUT2D eigenvalue weighted by atomic mass is 9.74. The third-order valence-corrected chi connectivity index (χ3v) is 9.22. The van der Waals surface area contributed by atoms with Crippen LogP contribution in [0.4, 0.5) is 5.69 Å². The Hall–Kier alpha value is -3.21. The summed E-state index contributed by atoms with van der Waals surface area (Å²) in [6, 6.07) is 5.00. The largest absolute Gasteiger partial charge is 0.460 e. The molecule has 1 aromatic carbocycles. The van der Waals surface area contributed by atoms with Crippen molar-refractivity contribution in [1.29, 1.82) is 0 Å². The molecule has 4 aliphatic rings. The number of nitrogens with zero attached hydrogens (tertiary/aromatic N) is 2. The first-order valence-electron chi connectivity index (χ1n) is 14.6. The standard InChI is InChI=1S/C31H38ClN3O7/c1-4-18(2)22(17-36)35-27-29(39)34(21-11-9-20(32)10-12-21)15-7-5-6-8-24(37)33-16-19(3)41-30(40)25-23-13-14-31(27,42-23)26(25)28(35)38/h5,7,9-14,18-19,22-23,25-27,36H,4,6,8,15-17H2,1-3H3,(H,33,37)/b7-5-/t18-,19+,22-,23-,25+,26+,27-,31+/m0/s1. The number of amides is 3. The quantitative estimate of drug-likeness (QED) is 0.394. The van der Waals surface area contributed by atoms with Crippen molar-refractivity contribution < 1.29 is 33.8 Å². The number of carbonyl (C=O) groups excluding carboxylic acids is 4. The number of likely N-dealkylation sites (tertiary alicyclic amines) is 1. The van der Waals surface area contributed by atoms with Gasteiger partial charge in [-0.05, 0) is 43.5 Å². The molecule has 5 bridgehead atoms. The zero-order valence-electron chi connectivity index (χ0n) is 24.1. The minimum absolute atomic E-state index is 0.129. The zero-order valence-corrected chi connectivity index (χ0v) is 24.8. The lowest BCUT2D eigenvalue weighted by molar-refractivity contribution is -0.159. The summed E-state index contributed by atoms with van der Waals surface area (Å²) < 4.78 is 12.2. The number of halogens is 1. The normalized spacial score (nSPS) is 33.8. The first-order valence-corrected chi connectivity index (χ1v) is 15.0. The Morgan fingerprint density at radius 3 is 2.57 bits per heavy atom. The number of aliphatic hydroxyl groups is 1. The Bertz CT molecular complexity index is 1280. The van der Waals surface area contributed by atoms with Crippen molar-refractivity contribution in [2.45, 2.75) is 69.9 Å². The smallest absolute Gasteiger partial charge is 0.313 e. The average Bonchev–Trinajstić information content (AvgIpc) is 3.61. The highest BCUT2D eigenvalue weighted by Gasteiger charge is 2.74. The lowest BCUT2D eigenvalue weighted by Gasteiger charge is -2.40. The second kappa shape index (κ2) is 12.2. The Balaban J connectivity index is 1.64. The van der Waals surface area contributed by atoms with Gasteiger partial charge in [-0.2, -0.15) is 0 Å². The van der Waals surface area contributed by atoms with Gasteiger partial charge in [-0.25, -0.2) is 0 Å². The van der Waals surface area contributed by atoms with Crippen molar-refractivity contribution in [3.8, 4) is 0 Å². The maximum atomic E-state index is 14.8. The van der Waals surface area contributed by atoms with Gasteiger partial charge in [0.15, 0.2) is 0 Å². The van der Waals surface area contributed by atoms with Gasteiger partial charge in [0.2, 0.25) is 11.8 Å². The van der Waals surface area contributed by atoms with Gasteiger partial charge in [-0.3, -0.25) is 19.2 Å². The topological polar surface area (TPSA) is 125 Å². The van der Waals surface area contributed by atoms with Crippen molar-refractivity contribution in [3.63, 3.8) is 0 Å². The molecule has 0 saturated carbocycles. The van der Waals surface area contributed by atoms with Gasteiger partial charge < -0.3 is 29.7 Å². The molecule has 2 N–H and O–H groups in total. The summed E-state index contributed by atoms with van der Waals surface area (Å²) in [6.07, 6.45) is 7.07. The maximum absolute atomic E-state index is 14.8. The Morgan fingerprint density at radius 2 is 1.88 bits per heavy atom.